The van der Waals surface area contributed by atoms with Crippen LogP contribution in [-0.2, 0) is 10.5 Å². The molecule has 0 unspecified atom stereocenters. The van der Waals surface area contributed by atoms with Gasteiger partial charge in [0.1, 0.15) is 5.75 Å². The quantitative estimate of drug-likeness (QED) is 0.614. The summed E-state index contributed by atoms with van der Waals surface area (Å²) in [5, 5.41) is 0. The van der Waals surface area contributed by atoms with Crippen LogP contribution in [0.5, 0.6) is 5.75 Å². The van der Waals surface area contributed by atoms with Gasteiger partial charge in [0.25, 0.3) is 0 Å². The van der Waals surface area contributed by atoms with Crippen LogP contribution in [0.4, 0.5) is 0 Å². The molecule has 0 saturated carbocycles. The van der Waals surface area contributed by atoms with Crippen molar-refractivity contribution in [1.29, 1.82) is 0 Å². The van der Waals surface area contributed by atoms with E-state index in [-0.39, 0.29) is 5.97 Å². The SMILES string of the molecule is COC(=O)c1ccc(CS)c(OC)c1. The topological polar surface area (TPSA) is 35.5 Å². The van der Waals surface area contributed by atoms with Crippen LogP contribution in [0.3, 0.4) is 0 Å². The molecule has 4 heteroatoms. The third-order valence-electron chi connectivity index (χ3n) is 1.88. The fourth-order valence-electron chi connectivity index (χ4n) is 1.12. The highest BCUT2D eigenvalue weighted by atomic mass is 32.1. The predicted octanol–water partition coefficient (Wildman–Crippen LogP) is 1.91. The monoisotopic (exact) mass is 212 g/mol. The molecule has 0 saturated heterocycles. The van der Waals surface area contributed by atoms with Crippen LogP contribution in [0.2, 0.25) is 0 Å². The minimum Gasteiger partial charge on any atom is -0.496 e. The first kappa shape index (κ1) is 10.9. The van der Waals surface area contributed by atoms with Gasteiger partial charge in [0.15, 0.2) is 0 Å². The fourth-order valence-corrected chi connectivity index (χ4v) is 1.38. The van der Waals surface area contributed by atoms with Crippen molar-refractivity contribution in [2.24, 2.45) is 0 Å². The van der Waals surface area contributed by atoms with Crippen LogP contribution in [0.1, 0.15) is 15.9 Å². The number of carbonyl (C=O) groups is 1. The van der Waals surface area contributed by atoms with Crippen molar-refractivity contribution in [3.63, 3.8) is 0 Å². The van der Waals surface area contributed by atoms with Crippen LogP contribution < -0.4 is 4.74 Å². The molecule has 1 rings (SSSR count). The number of rotatable bonds is 3. The maximum atomic E-state index is 11.2. The highest BCUT2D eigenvalue weighted by Gasteiger charge is 2.08. The van der Waals surface area contributed by atoms with Crippen LogP contribution >= 0.6 is 12.6 Å². The number of methoxy groups -OCH3 is 2. The van der Waals surface area contributed by atoms with E-state index in [4.69, 9.17) is 4.74 Å². The summed E-state index contributed by atoms with van der Waals surface area (Å²) in [6, 6.07) is 5.15. The lowest BCUT2D eigenvalue weighted by molar-refractivity contribution is 0.0600. The molecule has 0 bridgehead atoms. The molecule has 1 aromatic rings. The summed E-state index contributed by atoms with van der Waals surface area (Å²) in [5.41, 5.74) is 1.43. The van der Waals surface area contributed by atoms with Gasteiger partial charge in [0.05, 0.1) is 19.8 Å². The normalized spacial score (nSPS) is 9.64. The molecule has 0 spiro atoms. The first-order valence-corrected chi connectivity index (χ1v) is 4.72. The Morgan fingerprint density at radius 3 is 2.64 bits per heavy atom. The van der Waals surface area contributed by atoms with E-state index in [2.05, 4.69) is 17.4 Å². The summed E-state index contributed by atoms with van der Waals surface area (Å²) < 4.78 is 9.71. The molecular formula is C10H12O3S. The molecule has 0 amide bonds. The summed E-state index contributed by atoms with van der Waals surface area (Å²) in [6.45, 7) is 0. The summed E-state index contributed by atoms with van der Waals surface area (Å²) in [5.74, 6) is 0.863. The van der Waals surface area contributed by atoms with Crippen molar-refractivity contribution < 1.29 is 14.3 Å². The maximum absolute atomic E-state index is 11.2. The third-order valence-corrected chi connectivity index (χ3v) is 2.22. The molecule has 0 aliphatic heterocycles. The molecule has 14 heavy (non-hydrogen) atoms. The molecule has 0 N–H and O–H groups in total. The minimum absolute atomic E-state index is 0.367. The Kier molecular flexibility index (Phi) is 3.83. The molecule has 0 aliphatic rings. The zero-order valence-corrected chi connectivity index (χ0v) is 9.01. The number of esters is 1. The van der Waals surface area contributed by atoms with Crippen molar-refractivity contribution in [3.05, 3.63) is 29.3 Å². The second kappa shape index (κ2) is 4.91. The van der Waals surface area contributed by atoms with E-state index in [1.165, 1.54) is 7.11 Å². The fraction of sp³-hybridized carbons (Fsp3) is 0.300. The van der Waals surface area contributed by atoms with E-state index < -0.39 is 0 Å². The number of hydrogen-bond acceptors (Lipinski definition) is 4. The lowest BCUT2D eigenvalue weighted by Crippen LogP contribution is -2.02. The van der Waals surface area contributed by atoms with E-state index in [0.717, 1.165) is 5.56 Å². The molecule has 0 aliphatic carbocycles. The number of carbonyl (C=O) groups excluding carboxylic acids is 1. The third kappa shape index (κ3) is 2.20. The number of benzene rings is 1. The van der Waals surface area contributed by atoms with E-state index in [9.17, 15) is 4.79 Å². The standard InChI is InChI=1S/C10H12O3S/c1-12-9-5-7(10(11)13-2)3-4-8(9)6-14/h3-5,14H,6H2,1-2H3. The van der Waals surface area contributed by atoms with Crippen molar-refractivity contribution in [2.45, 2.75) is 5.75 Å². The van der Waals surface area contributed by atoms with E-state index in [1.807, 2.05) is 0 Å². The molecule has 1 aromatic carbocycles. The van der Waals surface area contributed by atoms with Gasteiger partial charge in [-0.15, -0.1) is 0 Å². The van der Waals surface area contributed by atoms with Crippen LogP contribution in [-0.4, -0.2) is 20.2 Å². The van der Waals surface area contributed by atoms with Crippen molar-refractivity contribution in [1.82, 2.24) is 0 Å². The molecule has 3 nitrogen and oxygen atoms in total. The first-order chi connectivity index (χ1) is 6.72. The average Bonchev–Trinajstić information content (AvgIpc) is 2.26. The molecule has 0 atom stereocenters. The van der Waals surface area contributed by atoms with Gasteiger partial charge >= 0.3 is 5.97 Å². The zero-order valence-electron chi connectivity index (χ0n) is 8.11. The Balaban J connectivity index is 3.07. The van der Waals surface area contributed by atoms with Crippen molar-refractivity contribution in [3.8, 4) is 5.75 Å². The largest absolute Gasteiger partial charge is 0.496 e. The number of thiol groups is 1. The van der Waals surface area contributed by atoms with Gasteiger partial charge in [-0.1, -0.05) is 6.07 Å². The number of hydrogen-bond donors (Lipinski definition) is 1. The number of ether oxygens (including phenoxy) is 2. The molecule has 0 heterocycles. The van der Waals surface area contributed by atoms with Crippen molar-refractivity contribution in [2.75, 3.05) is 14.2 Å². The van der Waals surface area contributed by atoms with Gasteiger partial charge < -0.3 is 9.47 Å². The lowest BCUT2D eigenvalue weighted by Gasteiger charge is -2.07. The van der Waals surface area contributed by atoms with E-state index >= 15 is 0 Å². The Morgan fingerprint density at radius 2 is 2.14 bits per heavy atom. The molecule has 76 valence electrons. The van der Waals surface area contributed by atoms with Gasteiger partial charge in [0, 0.05) is 11.3 Å². The smallest absolute Gasteiger partial charge is 0.337 e. The summed E-state index contributed by atoms with van der Waals surface area (Å²) >= 11 is 4.15. The first-order valence-electron chi connectivity index (χ1n) is 4.09. The van der Waals surface area contributed by atoms with Crippen LogP contribution in [0.15, 0.2) is 18.2 Å². The Morgan fingerprint density at radius 1 is 1.43 bits per heavy atom. The van der Waals surface area contributed by atoms with Crippen molar-refractivity contribution >= 4 is 18.6 Å². The highest BCUT2D eigenvalue weighted by molar-refractivity contribution is 7.79. The van der Waals surface area contributed by atoms with Gasteiger partial charge in [-0.05, 0) is 12.1 Å². The molecule has 0 fully saturated rings. The Hall–Kier alpha value is -1.16. The van der Waals surface area contributed by atoms with E-state index in [0.29, 0.717) is 17.1 Å². The van der Waals surface area contributed by atoms with Crippen LogP contribution in [0.25, 0.3) is 0 Å². The minimum atomic E-state index is -0.367. The average molecular weight is 212 g/mol. The lowest BCUT2D eigenvalue weighted by atomic mass is 10.1. The van der Waals surface area contributed by atoms with Gasteiger partial charge in [0.2, 0.25) is 0 Å². The Bertz CT molecular complexity index is 336. The Labute approximate surface area is 88.4 Å². The van der Waals surface area contributed by atoms with E-state index in [1.54, 1.807) is 25.3 Å². The second-order valence-corrected chi connectivity index (χ2v) is 2.99. The molecular weight excluding hydrogens is 200 g/mol. The van der Waals surface area contributed by atoms with Crippen LogP contribution in [0, 0.1) is 0 Å². The maximum Gasteiger partial charge on any atom is 0.337 e. The summed E-state index contributed by atoms with van der Waals surface area (Å²) in [6.07, 6.45) is 0. The predicted molar refractivity (Wildman–Crippen MR) is 57.0 cm³/mol. The van der Waals surface area contributed by atoms with Gasteiger partial charge in [-0.2, -0.15) is 12.6 Å². The zero-order chi connectivity index (χ0) is 10.6. The summed E-state index contributed by atoms with van der Waals surface area (Å²) in [7, 11) is 2.91. The molecule has 0 aromatic heterocycles. The highest BCUT2D eigenvalue weighted by Crippen LogP contribution is 2.21. The second-order valence-electron chi connectivity index (χ2n) is 2.68. The molecule has 0 radical (unpaired) electrons. The van der Waals surface area contributed by atoms with Gasteiger partial charge in [-0.25, -0.2) is 4.79 Å². The summed E-state index contributed by atoms with van der Waals surface area (Å²) in [4.78, 5) is 11.2. The van der Waals surface area contributed by atoms with Gasteiger partial charge in [-0.3, -0.25) is 0 Å².